The topological polar surface area (TPSA) is 456 Å². The quantitative estimate of drug-likeness (QED) is 0.0192. The van der Waals surface area contributed by atoms with Crippen molar-refractivity contribution in [2.45, 2.75) is 49.4 Å². The van der Waals surface area contributed by atoms with E-state index in [0.717, 1.165) is 181 Å². The third-order valence-corrected chi connectivity index (χ3v) is 35.1. The number of benzene rings is 8. The van der Waals surface area contributed by atoms with Crippen molar-refractivity contribution in [1.82, 2.24) is 51.9 Å². The minimum atomic E-state index is -4.03. The molecule has 8 aromatic heterocycles. The molecule has 2 aliphatic rings. The second kappa shape index (κ2) is 49.5. The molecule has 0 atom stereocenters. The second-order valence-corrected chi connectivity index (χ2v) is 48.2. The van der Waals surface area contributed by atoms with Gasteiger partial charge >= 0.3 is 24.1 Å². The van der Waals surface area contributed by atoms with E-state index < -0.39 is 64.2 Å². The van der Waals surface area contributed by atoms with Gasteiger partial charge in [0.1, 0.15) is 16.8 Å². The number of rotatable bonds is 31. The maximum atomic E-state index is 13.2. The highest BCUT2D eigenvalue weighted by molar-refractivity contribution is 7.93. The van der Waals surface area contributed by atoms with E-state index in [4.69, 9.17) is 51.1 Å². The monoisotopic (exact) mass is 2230 g/mol. The van der Waals surface area contributed by atoms with Crippen LogP contribution in [0.4, 0.5) is 64.7 Å². The van der Waals surface area contributed by atoms with Gasteiger partial charge in [-0.05, 0) is 311 Å². The molecule has 0 aliphatic carbocycles. The van der Waals surface area contributed by atoms with Crippen LogP contribution in [0.3, 0.4) is 0 Å². The van der Waals surface area contributed by atoms with Crippen molar-refractivity contribution in [3.63, 3.8) is 0 Å². The van der Waals surface area contributed by atoms with E-state index in [1.54, 1.807) is 134 Å². The number of amides is 8. The fourth-order valence-electron chi connectivity index (χ4n) is 15.6. The number of hydrogen-bond donors (Lipinski definition) is 12. The van der Waals surface area contributed by atoms with Gasteiger partial charge in [0.05, 0.1) is 30.6 Å². The molecule has 2 aliphatic heterocycles. The van der Waals surface area contributed by atoms with Gasteiger partial charge in [-0.15, -0.1) is 45.3 Å². The molecule has 12 N–H and O–H groups in total. The standard InChI is InChI=1S/C27H28ClN5O4S2.C26H26ClN5O5S2.C24H24ClN5O4S2.C23H21ClN4O4S2/c28-24-10-11-25(38-24)39(36,37)31-27(35)30-20-4-7-22(8-5-20)33-16-12-19-18-21(6-9-23(19)26(33)34)29-13-17-32-14-2-1-3-15-32;27-23-7-8-24(38-23)39(35,36)30-26(34)29-19-1-4-21(5-2-19)32-11-9-18-17-20(3-6-22(18)25(32)33)28-10-12-31-13-15-37-16-14-31;1-29(2)14-12-26-18-5-8-20-16(15-18)11-13-30(23(20)31)19-6-3-17(4-7-19)27-24(32)28-36(33,34)22-10-9-21(25)35-22;1-2-12-25-17-5-8-19-15(14-17)11-13-28(22(19)29)18-6-3-16(4-7-18)26-23(30)27-34(31,32)21-10-9-20(24)33-21/h4-12,16,18,29H,1-3,13-15,17H2,(H2,30,31,35);1-9,11,17,28H,10,12-16H2,(H2,29,30,34);3-11,13,15,26H,12,14H2,1-2H3,(H2,27,28,32);3-11,13-14,25H,2,12H2,1H3,(H2,26,27,30). The number of ether oxygens (including phenoxy) is 1. The highest BCUT2D eigenvalue weighted by Gasteiger charge is 2.26. The Labute approximate surface area is 886 Å². The van der Waals surface area contributed by atoms with Crippen LogP contribution in [0.5, 0.6) is 0 Å². The van der Waals surface area contributed by atoms with Gasteiger partial charge in [-0.2, -0.15) is 0 Å². The number of sulfonamides is 4. The van der Waals surface area contributed by atoms with Gasteiger partial charge < -0.3 is 57.1 Å². The van der Waals surface area contributed by atoms with Crippen molar-refractivity contribution >= 4 is 245 Å². The molecule has 8 aromatic carbocycles. The summed E-state index contributed by atoms with van der Waals surface area (Å²) in [7, 11) is -12.1. The predicted molar refractivity (Wildman–Crippen MR) is 593 cm³/mol. The number of fused-ring (bicyclic) bond motifs is 4. The molecule has 36 nitrogen and oxygen atoms in total. The van der Waals surface area contributed by atoms with Crippen molar-refractivity contribution < 1.29 is 57.6 Å². The van der Waals surface area contributed by atoms with Gasteiger partial charge in [0.25, 0.3) is 62.3 Å². The van der Waals surface area contributed by atoms with Gasteiger partial charge in [-0.25, -0.2) is 71.7 Å². The van der Waals surface area contributed by atoms with E-state index in [2.05, 4.69) is 64.2 Å². The third kappa shape index (κ3) is 29.1. The lowest BCUT2D eigenvalue weighted by Gasteiger charge is -2.26. The lowest BCUT2D eigenvalue weighted by molar-refractivity contribution is 0.0398. The number of urea groups is 4. The largest absolute Gasteiger partial charge is 0.385 e. The number of likely N-dealkylation sites (N-methyl/N-ethyl adjacent to an activating group) is 1. The Morgan fingerprint density at radius 3 is 0.818 bits per heavy atom. The van der Waals surface area contributed by atoms with Crippen LogP contribution in [0, 0.1) is 0 Å². The molecular formula is C100H99Cl4N19O17S8. The molecule has 8 amide bonds. The van der Waals surface area contributed by atoms with Crippen LogP contribution in [0.2, 0.25) is 17.3 Å². The average Bonchev–Trinajstić information content (AvgIpc) is 1.57. The van der Waals surface area contributed by atoms with Crippen LogP contribution in [-0.4, -0.2) is 190 Å². The zero-order valence-corrected chi connectivity index (χ0v) is 88.8. The molecule has 16 aromatic rings. The van der Waals surface area contributed by atoms with Crippen LogP contribution < -0.4 is 83.7 Å². The Hall–Kier alpha value is -13.5. The number of carbonyl (C=O) groups excluding carboxylic acids is 4. The molecular weight excluding hydrogens is 2140 g/mol. The number of morpholine rings is 1. The number of piperidine rings is 1. The lowest BCUT2D eigenvalue weighted by Crippen LogP contribution is -2.39. The van der Waals surface area contributed by atoms with Crippen molar-refractivity contribution in [3.05, 3.63) is 326 Å². The number of likely N-dealkylation sites (tertiary alicyclic amines) is 1. The van der Waals surface area contributed by atoms with Crippen LogP contribution in [-0.2, 0) is 44.8 Å². The van der Waals surface area contributed by atoms with Crippen LogP contribution in [0.15, 0.2) is 303 Å². The zero-order valence-electron chi connectivity index (χ0n) is 79.3. The van der Waals surface area contributed by atoms with Crippen molar-refractivity contribution in [1.29, 1.82) is 0 Å². The number of nitrogens with one attached hydrogen (secondary N) is 12. The molecule has 48 heteroatoms. The molecule has 0 spiro atoms. The minimum absolute atomic E-state index is 0.0611. The van der Waals surface area contributed by atoms with Gasteiger partial charge in [0.2, 0.25) is 0 Å². The maximum Gasteiger partial charge on any atom is 0.333 e. The number of aromatic nitrogens is 4. The summed E-state index contributed by atoms with van der Waals surface area (Å²) in [5.74, 6) is 0. The van der Waals surface area contributed by atoms with Gasteiger partial charge in [0.15, 0.2) is 0 Å². The van der Waals surface area contributed by atoms with E-state index in [1.807, 2.05) is 118 Å². The molecule has 0 radical (unpaired) electrons. The smallest absolute Gasteiger partial charge is 0.333 e. The first-order valence-electron chi connectivity index (χ1n) is 46.0. The first-order chi connectivity index (χ1) is 70.9. The number of pyridine rings is 4. The Kier molecular flexibility index (Phi) is 36.4. The summed E-state index contributed by atoms with van der Waals surface area (Å²) in [5.41, 5.74) is 7.01. The van der Waals surface area contributed by atoms with Gasteiger partial charge in [-0.1, -0.05) is 59.7 Å². The molecule has 0 saturated carbocycles. The number of thiophene rings is 4. The molecule has 148 heavy (non-hydrogen) atoms. The molecule has 18 rings (SSSR count). The van der Waals surface area contributed by atoms with Crippen molar-refractivity contribution in [3.8, 4) is 22.7 Å². The Morgan fingerprint density at radius 2 is 0.568 bits per heavy atom. The first-order valence-corrected chi connectivity index (χ1v) is 56.7. The molecule has 10 heterocycles. The van der Waals surface area contributed by atoms with Crippen LogP contribution >= 0.6 is 91.8 Å². The normalized spacial score (nSPS) is 12.9. The van der Waals surface area contributed by atoms with E-state index in [9.17, 15) is 72.0 Å². The van der Waals surface area contributed by atoms with Gasteiger partial charge in [0, 0.05) is 173 Å². The summed E-state index contributed by atoms with van der Waals surface area (Å²) in [6.07, 6.45) is 11.7. The van der Waals surface area contributed by atoms with Crippen LogP contribution in [0.1, 0.15) is 32.6 Å². The number of hydrogen-bond acceptors (Lipinski definition) is 28. The van der Waals surface area contributed by atoms with Crippen LogP contribution in [0.25, 0.3) is 65.8 Å². The molecule has 772 valence electrons. The fraction of sp³-hybridized carbons (Fsp3) is 0.200. The SMILES string of the molecule is CCCNc1ccc2c(=O)n(-c3ccc(NC(=O)NS(=O)(=O)c4ccc(Cl)s4)cc3)ccc2c1.CN(C)CCNc1ccc2c(=O)n(-c3ccc(NC(=O)NS(=O)(=O)c4ccc(Cl)s4)cc3)ccc2c1.O=C(Nc1ccc(-n2ccc3cc(NCCN4CCCCC4)ccc3c2=O)cc1)NS(=O)(=O)c1ccc(Cl)s1.O=C(Nc1ccc(-n2ccc3cc(NCCN4CCOCC4)ccc3c2=O)cc1)NS(=O)(=O)c1ccc(Cl)s1. The Morgan fingerprint density at radius 1 is 0.318 bits per heavy atom. The predicted octanol–water partition coefficient (Wildman–Crippen LogP) is 18.3. The number of halogens is 4. The third-order valence-electron chi connectivity index (χ3n) is 22.9. The summed E-state index contributed by atoms with van der Waals surface area (Å²) < 4.78 is 118. The summed E-state index contributed by atoms with van der Waals surface area (Å²) in [5, 5.41) is 29.1. The molecule has 2 fully saturated rings. The Balaban J connectivity index is 0.000000148. The summed E-state index contributed by atoms with van der Waals surface area (Å²) in [6.45, 7) is 14.0. The summed E-state index contributed by atoms with van der Waals surface area (Å²) >= 11 is 26.5. The van der Waals surface area contributed by atoms with Gasteiger partial charge in [-0.3, -0.25) is 42.3 Å². The molecule has 0 bridgehead atoms. The first kappa shape index (κ1) is 109. The second-order valence-electron chi connectivity index (χ2n) is 33.7. The number of anilines is 8. The number of carbonyl (C=O) groups is 4. The minimum Gasteiger partial charge on any atom is -0.385 e. The van der Waals surface area contributed by atoms with E-state index in [1.165, 1.54) is 86.1 Å². The van der Waals surface area contributed by atoms with E-state index >= 15 is 0 Å². The van der Waals surface area contributed by atoms with E-state index in [-0.39, 0.29) is 39.1 Å². The molecule has 2 saturated heterocycles. The van der Waals surface area contributed by atoms with Crippen molar-refractivity contribution in [2.24, 2.45) is 0 Å². The average molecular weight is 2240 g/mol. The summed E-state index contributed by atoms with van der Waals surface area (Å²) in [4.78, 5) is 108. The number of nitrogens with zero attached hydrogens (tertiary/aromatic N) is 7. The van der Waals surface area contributed by atoms with Crippen molar-refractivity contribution in [2.75, 3.05) is 142 Å². The zero-order chi connectivity index (χ0) is 105. The Bertz CT molecular complexity index is 8050. The highest BCUT2D eigenvalue weighted by atomic mass is 35.5. The fourth-order valence-corrected chi connectivity index (χ4v) is 25.1. The maximum absolute atomic E-state index is 13.2. The lowest BCUT2D eigenvalue weighted by atomic mass is 10.1. The van der Waals surface area contributed by atoms with E-state index in [0.29, 0.717) is 84.4 Å². The highest BCUT2D eigenvalue weighted by Crippen LogP contribution is 2.32. The summed E-state index contributed by atoms with van der Waals surface area (Å²) in [6, 6.07) is 63.6. The molecule has 0 unspecified atom stereocenters.